The summed E-state index contributed by atoms with van der Waals surface area (Å²) in [5.41, 5.74) is 1.07. The van der Waals surface area contributed by atoms with Gasteiger partial charge in [-0.15, -0.1) is 0 Å². The molecule has 0 saturated carbocycles. The lowest BCUT2D eigenvalue weighted by atomic mass is 9.73. The van der Waals surface area contributed by atoms with Gasteiger partial charge in [-0.25, -0.2) is 24.7 Å². The summed E-state index contributed by atoms with van der Waals surface area (Å²) in [6.45, 7) is 9.87. The van der Waals surface area contributed by atoms with Crippen LogP contribution >= 0.6 is 11.8 Å². The number of carbonyl (C=O) groups excluding carboxylic acids is 1. The quantitative estimate of drug-likeness (QED) is 0.363. The summed E-state index contributed by atoms with van der Waals surface area (Å²) in [5.74, 6) is 0.859. The molecule has 2 aliphatic heterocycles. The van der Waals surface area contributed by atoms with E-state index in [0.29, 0.717) is 6.61 Å². The molecule has 10 nitrogen and oxygen atoms in total. The second kappa shape index (κ2) is 9.95. The van der Waals surface area contributed by atoms with E-state index in [1.165, 1.54) is 0 Å². The number of imidazole rings is 1. The van der Waals surface area contributed by atoms with Gasteiger partial charge in [-0.1, -0.05) is 30.0 Å². The number of nitrogens with one attached hydrogen (secondary N) is 1. The van der Waals surface area contributed by atoms with Crippen LogP contribution < -0.4 is 10.2 Å². The monoisotopic (exact) mass is 547 g/mol. The first-order valence-corrected chi connectivity index (χ1v) is 14.1. The fourth-order valence-corrected chi connectivity index (χ4v) is 6.59. The Hall–Kier alpha value is -3.44. The lowest BCUT2D eigenvalue weighted by molar-refractivity contribution is 0.0434. The summed E-state index contributed by atoms with van der Waals surface area (Å²) in [6, 6.07) is 7.89. The molecule has 1 aromatic carbocycles. The van der Waals surface area contributed by atoms with E-state index in [9.17, 15) is 4.79 Å². The van der Waals surface area contributed by atoms with Crippen LogP contribution in [-0.2, 0) is 9.47 Å². The van der Waals surface area contributed by atoms with E-state index in [0.717, 1.165) is 58.4 Å². The van der Waals surface area contributed by atoms with E-state index in [4.69, 9.17) is 14.5 Å². The van der Waals surface area contributed by atoms with Gasteiger partial charge in [-0.2, -0.15) is 0 Å². The van der Waals surface area contributed by atoms with Crippen molar-refractivity contribution >= 4 is 40.4 Å². The molecule has 5 heterocycles. The number of carbonyl (C=O) groups is 1. The zero-order chi connectivity index (χ0) is 27.2. The first-order valence-electron chi connectivity index (χ1n) is 13.3. The third-order valence-corrected chi connectivity index (χ3v) is 8.59. The van der Waals surface area contributed by atoms with Gasteiger partial charge in [-0.05, 0) is 46.6 Å². The second-order valence-electron chi connectivity index (χ2n) is 11.3. The standard InChI is InChI=1S/C28H33N7O3S/c1-18-22(33-26(36)38-27(2,3)4)28(16-37-18)9-12-34(13-10-28)25-30-15-21(23-29-11-14-35(23)25)39-24-19-7-5-6-8-20(19)31-17-32-24/h5-8,11,14-15,17-18,22H,9-10,12-13,16H2,1-4H3,(H,33,36)/t18-,22+/m0/s1. The van der Waals surface area contributed by atoms with Gasteiger partial charge in [0, 0.05) is 42.5 Å². The Morgan fingerprint density at radius 3 is 2.74 bits per heavy atom. The lowest BCUT2D eigenvalue weighted by Crippen LogP contribution is -2.55. The minimum atomic E-state index is -0.545. The minimum absolute atomic E-state index is 0.0725. The van der Waals surface area contributed by atoms with E-state index in [1.807, 2.05) is 68.8 Å². The van der Waals surface area contributed by atoms with Gasteiger partial charge in [-0.3, -0.25) is 4.40 Å². The predicted molar refractivity (Wildman–Crippen MR) is 149 cm³/mol. The average Bonchev–Trinajstić information content (AvgIpc) is 3.51. The van der Waals surface area contributed by atoms with Crippen molar-refractivity contribution in [2.45, 2.75) is 68.2 Å². The molecule has 2 fully saturated rings. The summed E-state index contributed by atoms with van der Waals surface area (Å²) in [6.07, 6.45) is 8.53. The average molecular weight is 548 g/mol. The molecule has 0 unspecified atom stereocenters. The summed E-state index contributed by atoms with van der Waals surface area (Å²) in [5, 5.41) is 5.00. The first-order chi connectivity index (χ1) is 18.7. The van der Waals surface area contributed by atoms with E-state index in [-0.39, 0.29) is 17.6 Å². The molecule has 2 saturated heterocycles. The maximum absolute atomic E-state index is 12.6. The van der Waals surface area contributed by atoms with Crippen molar-refractivity contribution in [3.63, 3.8) is 0 Å². The molecule has 2 aliphatic rings. The summed E-state index contributed by atoms with van der Waals surface area (Å²) in [4.78, 5) is 34.3. The molecule has 3 aromatic heterocycles. The maximum atomic E-state index is 12.6. The fourth-order valence-electron chi connectivity index (χ4n) is 5.65. The number of ether oxygens (including phenoxy) is 2. The van der Waals surface area contributed by atoms with Gasteiger partial charge in [0.2, 0.25) is 5.95 Å². The number of fused-ring (bicyclic) bond motifs is 2. The van der Waals surface area contributed by atoms with Crippen molar-refractivity contribution in [1.82, 2.24) is 29.7 Å². The Kier molecular flexibility index (Phi) is 6.58. The van der Waals surface area contributed by atoms with E-state index >= 15 is 0 Å². The molecule has 0 aliphatic carbocycles. The van der Waals surface area contributed by atoms with Crippen molar-refractivity contribution in [1.29, 1.82) is 0 Å². The minimum Gasteiger partial charge on any atom is -0.444 e. The van der Waals surface area contributed by atoms with Crippen molar-refractivity contribution in [3.05, 3.63) is 49.2 Å². The van der Waals surface area contributed by atoms with Crippen molar-refractivity contribution in [3.8, 4) is 0 Å². The Balaban J connectivity index is 1.20. The van der Waals surface area contributed by atoms with Gasteiger partial charge >= 0.3 is 6.09 Å². The van der Waals surface area contributed by atoms with Crippen LogP contribution in [-0.4, -0.2) is 67.9 Å². The summed E-state index contributed by atoms with van der Waals surface area (Å²) < 4.78 is 13.7. The topological polar surface area (TPSA) is 107 Å². The molecule has 6 rings (SSSR count). The van der Waals surface area contributed by atoms with Gasteiger partial charge in [0.05, 0.1) is 29.2 Å². The lowest BCUT2D eigenvalue weighted by Gasteiger charge is -2.43. The van der Waals surface area contributed by atoms with Crippen LogP contribution in [0.25, 0.3) is 16.6 Å². The van der Waals surface area contributed by atoms with Crippen molar-refractivity contribution in [2.75, 3.05) is 24.6 Å². The number of amides is 1. The normalized spacial score (nSPS) is 21.1. The number of aromatic nitrogens is 5. The summed E-state index contributed by atoms with van der Waals surface area (Å²) in [7, 11) is 0. The van der Waals surface area contributed by atoms with Gasteiger partial charge in [0.1, 0.15) is 17.0 Å². The molecule has 0 bridgehead atoms. The van der Waals surface area contributed by atoms with E-state index < -0.39 is 11.7 Å². The molecule has 204 valence electrons. The highest BCUT2D eigenvalue weighted by Crippen LogP contribution is 2.43. The summed E-state index contributed by atoms with van der Waals surface area (Å²) >= 11 is 1.55. The molecule has 4 aromatic rings. The zero-order valence-corrected chi connectivity index (χ0v) is 23.4. The third kappa shape index (κ3) is 5.00. The number of hydrogen-bond acceptors (Lipinski definition) is 9. The van der Waals surface area contributed by atoms with Gasteiger partial charge in [0.15, 0.2) is 5.65 Å². The number of anilines is 1. The predicted octanol–water partition coefficient (Wildman–Crippen LogP) is 4.72. The van der Waals surface area contributed by atoms with E-state index in [1.54, 1.807) is 24.3 Å². The second-order valence-corrected chi connectivity index (χ2v) is 12.4. The van der Waals surface area contributed by atoms with Crippen LogP contribution in [0.4, 0.5) is 10.7 Å². The van der Waals surface area contributed by atoms with Crippen molar-refractivity contribution < 1.29 is 14.3 Å². The van der Waals surface area contributed by atoms with Gasteiger partial charge in [0.25, 0.3) is 0 Å². The number of hydrogen-bond donors (Lipinski definition) is 1. The molecular formula is C28H33N7O3S. The van der Waals surface area contributed by atoms with Crippen LogP contribution in [0.5, 0.6) is 0 Å². The molecule has 39 heavy (non-hydrogen) atoms. The number of alkyl carbamates (subject to hydrolysis) is 1. The highest BCUT2D eigenvalue weighted by atomic mass is 32.2. The highest BCUT2D eigenvalue weighted by molar-refractivity contribution is 7.99. The smallest absolute Gasteiger partial charge is 0.407 e. The number of para-hydroxylation sites is 1. The Morgan fingerprint density at radius 1 is 1.15 bits per heavy atom. The van der Waals surface area contributed by atoms with E-state index in [2.05, 4.69) is 25.2 Å². The molecule has 1 spiro atoms. The van der Waals surface area contributed by atoms with Gasteiger partial charge < -0.3 is 19.7 Å². The van der Waals surface area contributed by atoms with Crippen LogP contribution in [0, 0.1) is 5.41 Å². The fraction of sp³-hybridized carbons (Fsp3) is 0.464. The Bertz CT molecular complexity index is 1500. The van der Waals surface area contributed by atoms with Crippen molar-refractivity contribution in [2.24, 2.45) is 5.41 Å². The molecule has 0 radical (unpaired) electrons. The Labute approximate surface area is 231 Å². The highest BCUT2D eigenvalue weighted by Gasteiger charge is 2.50. The largest absolute Gasteiger partial charge is 0.444 e. The SMILES string of the molecule is C[C@@H]1OCC2(CCN(c3ncc(Sc4ncnc5ccccc45)c4nccn34)CC2)[C@@H]1NC(=O)OC(C)(C)C. The third-order valence-electron chi connectivity index (χ3n) is 7.56. The molecule has 11 heteroatoms. The number of piperidine rings is 1. The Morgan fingerprint density at radius 2 is 1.95 bits per heavy atom. The first kappa shape index (κ1) is 25.8. The van der Waals surface area contributed by atoms with Crippen LogP contribution in [0.1, 0.15) is 40.5 Å². The number of nitrogens with zero attached hydrogens (tertiary/aromatic N) is 6. The molecule has 1 N–H and O–H groups in total. The maximum Gasteiger partial charge on any atom is 0.407 e. The molecular weight excluding hydrogens is 514 g/mol. The number of benzene rings is 1. The van der Waals surface area contributed by atoms with Crippen LogP contribution in [0.2, 0.25) is 0 Å². The zero-order valence-electron chi connectivity index (χ0n) is 22.6. The molecule has 2 atom stereocenters. The molecule has 1 amide bonds. The van der Waals surface area contributed by atoms with Crippen LogP contribution in [0.3, 0.4) is 0 Å². The number of rotatable bonds is 4. The van der Waals surface area contributed by atoms with Crippen LogP contribution in [0.15, 0.2) is 59.1 Å².